The maximum Gasteiger partial charge on any atom is 0.329 e. The lowest BCUT2D eigenvalue weighted by Crippen LogP contribution is -2.16. The third kappa shape index (κ3) is 30.0. The van der Waals surface area contributed by atoms with E-state index in [0.717, 1.165) is 0 Å². The number of rotatable bonds is 37. The summed E-state index contributed by atoms with van der Waals surface area (Å²) in [6, 6.07) is 7.95. The van der Waals surface area contributed by atoms with Crippen molar-refractivity contribution < 1.29 is 74.6 Å². The summed E-state index contributed by atoms with van der Waals surface area (Å²) < 4.78 is 87.6. The van der Waals surface area contributed by atoms with Gasteiger partial charge in [-0.2, -0.15) is 8.42 Å². The molecule has 0 heterocycles. The number of carboxylic acids is 1. The second-order valence-electron chi connectivity index (χ2n) is 9.16. The van der Waals surface area contributed by atoms with Gasteiger partial charge in [0.1, 0.15) is 6.61 Å². The van der Waals surface area contributed by atoms with E-state index in [1.54, 1.807) is 18.2 Å². The number of ether oxygens (including phenoxy) is 11. The minimum absolute atomic E-state index is 0.0652. The van der Waals surface area contributed by atoms with Gasteiger partial charge in [-0.3, -0.25) is 4.18 Å². The average Bonchev–Trinajstić information content (AvgIpc) is 3.06. The van der Waals surface area contributed by atoms with Crippen LogP contribution in [0, 0.1) is 0 Å². The molecule has 17 heteroatoms. The van der Waals surface area contributed by atoms with Gasteiger partial charge in [-0.25, -0.2) is 4.79 Å². The van der Waals surface area contributed by atoms with Crippen LogP contribution in [0.3, 0.4) is 0 Å². The van der Waals surface area contributed by atoms with Gasteiger partial charge in [-0.1, -0.05) is 18.2 Å². The fourth-order valence-corrected chi connectivity index (χ4v) is 4.13. The SMILES string of the molecule is O=C(O)COCCOCCOCCOCCOCCOCCOCCOCCOCCOCCOCCOS(=O)(=O)c1ccccc1. The Morgan fingerprint density at radius 3 is 0.957 bits per heavy atom. The van der Waals surface area contributed by atoms with Crippen molar-refractivity contribution in [3.63, 3.8) is 0 Å². The first kappa shape index (κ1) is 43.2. The monoisotopic (exact) mass is 700 g/mol. The molecule has 1 rings (SSSR count). The van der Waals surface area contributed by atoms with E-state index >= 15 is 0 Å². The topological polar surface area (TPSA) is 182 Å². The summed E-state index contributed by atoms with van der Waals surface area (Å²) in [4.78, 5) is 10.4. The molecule has 0 aliphatic carbocycles. The van der Waals surface area contributed by atoms with Gasteiger partial charge in [-0.15, -0.1) is 0 Å². The highest BCUT2D eigenvalue weighted by atomic mass is 32.2. The van der Waals surface area contributed by atoms with Gasteiger partial charge in [0.15, 0.2) is 0 Å². The Morgan fingerprint density at radius 1 is 0.426 bits per heavy atom. The van der Waals surface area contributed by atoms with E-state index < -0.39 is 16.1 Å². The quantitative estimate of drug-likeness (QED) is 0.0754. The third-order valence-corrected chi connectivity index (χ3v) is 6.77. The van der Waals surface area contributed by atoms with E-state index in [2.05, 4.69) is 0 Å². The molecular weight excluding hydrogens is 648 g/mol. The number of carboxylic acid groups (broad SMARTS) is 1. The Hall–Kier alpha value is -1.84. The molecule has 0 saturated carbocycles. The first-order valence-electron chi connectivity index (χ1n) is 15.5. The molecule has 0 fully saturated rings. The lowest BCUT2D eigenvalue weighted by molar-refractivity contribution is -0.142. The van der Waals surface area contributed by atoms with Crippen molar-refractivity contribution in [1.82, 2.24) is 0 Å². The number of hydrogen-bond donors (Lipinski definition) is 1. The number of hydrogen-bond acceptors (Lipinski definition) is 15. The molecule has 0 spiro atoms. The number of aliphatic carboxylic acids is 1. The molecule has 0 radical (unpaired) electrons. The first-order valence-corrected chi connectivity index (χ1v) is 16.9. The molecule has 0 unspecified atom stereocenters. The van der Waals surface area contributed by atoms with Gasteiger partial charge < -0.3 is 57.2 Å². The standard InChI is InChI=1S/C30H52O16S/c31-30(32)28-45-25-24-43-21-20-41-17-16-39-13-12-37-9-8-35-6-7-36-10-11-38-14-15-40-18-19-42-22-23-44-26-27-46-47(33,34)29-4-2-1-3-5-29/h1-5H,6-28H2,(H,31,32). The van der Waals surface area contributed by atoms with Gasteiger partial charge in [0.05, 0.1) is 150 Å². The van der Waals surface area contributed by atoms with Crippen LogP contribution in [0.5, 0.6) is 0 Å². The predicted molar refractivity (Wildman–Crippen MR) is 166 cm³/mol. The van der Waals surface area contributed by atoms with Crippen molar-refractivity contribution in [2.24, 2.45) is 0 Å². The van der Waals surface area contributed by atoms with Gasteiger partial charge in [-0.05, 0) is 12.1 Å². The molecule has 1 aromatic rings. The van der Waals surface area contributed by atoms with Crippen LogP contribution in [0.15, 0.2) is 35.2 Å². The van der Waals surface area contributed by atoms with Gasteiger partial charge in [0, 0.05) is 0 Å². The minimum atomic E-state index is -3.76. The molecule has 0 bridgehead atoms. The van der Waals surface area contributed by atoms with E-state index in [9.17, 15) is 13.2 Å². The van der Waals surface area contributed by atoms with Gasteiger partial charge >= 0.3 is 5.97 Å². The Balaban J connectivity index is 1.66. The van der Waals surface area contributed by atoms with E-state index in [1.165, 1.54) is 12.1 Å². The summed E-state index contributed by atoms with van der Waals surface area (Å²) in [5.74, 6) is -1.00. The van der Waals surface area contributed by atoms with Crippen molar-refractivity contribution in [3.8, 4) is 0 Å². The molecule has 0 amide bonds. The summed E-state index contributed by atoms with van der Waals surface area (Å²) >= 11 is 0. The second-order valence-corrected chi connectivity index (χ2v) is 10.8. The van der Waals surface area contributed by atoms with Crippen LogP contribution in [-0.2, 0) is 71.2 Å². The summed E-state index contributed by atoms with van der Waals surface area (Å²) in [7, 11) is -3.76. The van der Waals surface area contributed by atoms with Crippen LogP contribution in [0.2, 0.25) is 0 Å². The molecule has 1 N–H and O–H groups in total. The van der Waals surface area contributed by atoms with Crippen molar-refractivity contribution >= 4 is 16.1 Å². The van der Waals surface area contributed by atoms with E-state index in [4.69, 9.17) is 61.4 Å². The van der Waals surface area contributed by atoms with Crippen LogP contribution < -0.4 is 0 Å². The minimum Gasteiger partial charge on any atom is -0.480 e. The summed E-state index contributed by atoms with van der Waals surface area (Å²) in [6.45, 7) is 8.17. The fourth-order valence-electron chi connectivity index (χ4n) is 3.22. The van der Waals surface area contributed by atoms with Crippen molar-refractivity contribution in [1.29, 1.82) is 0 Å². The fraction of sp³-hybridized carbons (Fsp3) is 0.767. The van der Waals surface area contributed by atoms with Crippen molar-refractivity contribution in [2.45, 2.75) is 4.90 Å². The second kappa shape index (κ2) is 32.7. The Bertz CT molecular complexity index is 922. The normalized spacial score (nSPS) is 11.7. The first-order chi connectivity index (χ1) is 23.0. The number of benzene rings is 1. The Kier molecular flexibility index (Phi) is 30.0. The molecule has 274 valence electrons. The third-order valence-electron chi connectivity index (χ3n) is 5.44. The largest absolute Gasteiger partial charge is 0.480 e. The van der Waals surface area contributed by atoms with Crippen LogP contribution in [0.1, 0.15) is 0 Å². The number of carbonyl (C=O) groups is 1. The Morgan fingerprint density at radius 2 is 0.681 bits per heavy atom. The zero-order chi connectivity index (χ0) is 33.9. The highest BCUT2D eigenvalue weighted by Crippen LogP contribution is 2.10. The van der Waals surface area contributed by atoms with E-state index in [0.29, 0.717) is 126 Å². The summed E-state index contributed by atoms with van der Waals surface area (Å²) in [5, 5.41) is 8.42. The predicted octanol–water partition coefficient (Wildman–Crippen LogP) is 0.659. The molecule has 0 aromatic heterocycles. The zero-order valence-corrected chi connectivity index (χ0v) is 27.9. The maximum absolute atomic E-state index is 12.0. The molecule has 1 aromatic carbocycles. The van der Waals surface area contributed by atoms with E-state index in [1.807, 2.05) is 0 Å². The molecule has 0 aliphatic rings. The molecule has 47 heavy (non-hydrogen) atoms. The van der Waals surface area contributed by atoms with Crippen LogP contribution in [0.25, 0.3) is 0 Å². The zero-order valence-electron chi connectivity index (χ0n) is 27.1. The Labute approximate surface area is 277 Å². The van der Waals surface area contributed by atoms with Crippen molar-refractivity contribution in [3.05, 3.63) is 30.3 Å². The lowest BCUT2D eigenvalue weighted by atomic mass is 10.4. The maximum atomic E-state index is 12.0. The highest BCUT2D eigenvalue weighted by molar-refractivity contribution is 7.86. The molecule has 16 nitrogen and oxygen atoms in total. The average molecular weight is 701 g/mol. The summed E-state index contributed by atoms with van der Waals surface area (Å²) in [6.07, 6.45) is 0. The van der Waals surface area contributed by atoms with Crippen LogP contribution >= 0.6 is 0 Å². The van der Waals surface area contributed by atoms with E-state index in [-0.39, 0.29) is 31.3 Å². The highest BCUT2D eigenvalue weighted by Gasteiger charge is 2.13. The molecule has 0 saturated heterocycles. The molecular formula is C30H52O16S. The molecule has 0 atom stereocenters. The smallest absolute Gasteiger partial charge is 0.329 e. The van der Waals surface area contributed by atoms with Crippen LogP contribution in [0.4, 0.5) is 0 Å². The summed E-state index contributed by atoms with van der Waals surface area (Å²) in [5.41, 5.74) is 0. The van der Waals surface area contributed by atoms with Gasteiger partial charge in [0.2, 0.25) is 0 Å². The van der Waals surface area contributed by atoms with Crippen molar-refractivity contribution in [2.75, 3.05) is 152 Å². The molecule has 0 aliphatic heterocycles. The van der Waals surface area contributed by atoms with Crippen LogP contribution in [-0.4, -0.2) is 171 Å². The van der Waals surface area contributed by atoms with Gasteiger partial charge in [0.25, 0.3) is 10.1 Å². The lowest BCUT2D eigenvalue weighted by Gasteiger charge is -2.09.